The van der Waals surface area contributed by atoms with E-state index in [2.05, 4.69) is 30.9 Å². The van der Waals surface area contributed by atoms with Gasteiger partial charge in [0.2, 0.25) is 17.8 Å². The lowest BCUT2D eigenvalue weighted by atomic mass is 10.3. The van der Waals surface area contributed by atoms with E-state index >= 15 is 0 Å². The molecule has 0 aliphatic carbocycles. The average molecular weight is 352 g/mol. The van der Waals surface area contributed by atoms with Crippen LogP contribution >= 0.6 is 0 Å². The van der Waals surface area contributed by atoms with Gasteiger partial charge in [-0.1, -0.05) is 0 Å². The highest BCUT2D eigenvalue weighted by molar-refractivity contribution is 5.61. The van der Waals surface area contributed by atoms with E-state index in [1.54, 1.807) is 24.3 Å². The fourth-order valence-corrected chi connectivity index (χ4v) is 2.13. The van der Waals surface area contributed by atoms with Crippen molar-refractivity contribution < 1.29 is 5.11 Å². The zero-order chi connectivity index (χ0) is 18.4. The van der Waals surface area contributed by atoms with Gasteiger partial charge in [-0.05, 0) is 48.5 Å². The monoisotopic (exact) mass is 352 g/mol. The second-order valence-corrected chi connectivity index (χ2v) is 5.45. The van der Waals surface area contributed by atoms with Gasteiger partial charge in [0.15, 0.2) is 0 Å². The van der Waals surface area contributed by atoms with Gasteiger partial charge >= 0.3 is 0 Å². The van der Waals surface area contributed by atoms with Crippen molar-refractivity contribution in [1.29, 1.82) is 0 Å². The molecule has 9 heteroatoms. The highest BCUT2D eigenvalue weighted by Crippen LogP contribution is 2.20. The Balaban J connectivity index is 1.84. The summed E-state index contributed by atoms with van der Waals surface area (Å²) in [6.45, 7) is 0.291. The molecule has 0 atom stereocenters. The molecule has 0 bridgehead atoms. The maximum absolute atomic E-state index is 9.00. The van der Waals surface area contributed by atoms with Crippen LogP contribution in [-0.4, -0.2) is 33.2 Å². The van der Waals surface area contributed by atoms with Gasteiger partial charge in [-0.15, -0.1) is 0 Å². The lowest BCUT2D eigenvalue weighted by Crippen LogP contribution is -2.12. The number of anilines is 7. The number of aromatic nitrogens is 3. The Hall–Kier alpha value is -3.59. The Kier molecular flexibility index (Phi) is 5.30. The molecule has 1 aromatic heterocycles. The maximum atomic E-state index is 9.00. The summed E-state index contributed by atoms with van der Waals surface area (Å²) in [5.74, 6) is 1.04. The molecule has 3 rings (SSSR count). The summed E-state index contributed by atoms with van der Waals surface area (Å²) in [7, 11) is 0. The van der Waals surface area contributed by atoms with Crippen molar-refractivity contribution in [3.8, 4) is 0 Å². The number of hydrogen-bond donors (Lipinski definition) is 6. The first kappa shape index (κ1) is 17.2. The van der Waals surface area contributed by atoms with E-state index < -0.39 is 0 Å². The first-order valence-corrected chi connectivity index (χ1v) is 7.98. The van der Waals surface area contributed by atoms with E-state index in [1.807, 2.05) is 24.3 Å². The molecule has 0 fully saturated rings. The summed E-state index contributed by atoms with van der Waals surface area (Å²) < 4.78 is 0. The summed E-state index contributed by atoms with van der Waals surface area (Å²) in [5, 5.41) is 18.1. The minimum atomic E-state index is -0.0346. The van der Waals surface area contributed by atoms with Crippen molar-refractivity contribution in [3.63, 3.8) is 0 Å². The molecule has 9 nitrogen and oxygen atoms in total. The van der Waals surface area contributed by atoms with Crippen molar-refractivity contribution in [2.75, 3.05) is 40.6 Å². The molecule has 0 spiro atoms. The first-order valence-electron chi connectivity index (χ1n) is 7.98. The van der Waals surface area contributed by atoms with Crippen LogP contribution < -0.4 is 27.4 Å². The third kappa shape index (κ3) is 4.71. The van der Waals surface area contributed by atoms with Gasteiger partial charge in [0.1, 0.15) is 0 Å². The van der Waals surface area contributed by atoms with Crippen molar-refractivity contribution in [2.45, 2.75) is 0 Å². The number of nitrogens with one attached hydrogen (secondary N) is 3. The predicted octanol–water partition coefficient (Wildman–Crippen LogP) is 1.93. The summed E-state index contributed by atoms with van der Waals surface area (Å²) in [4.78, 5) is 13.0. The number of rotatable bonds is 7. The Morgan fingerprint density at radius 2 is 1.12 bits per heavy atom. The minimum absolute atomic E-state index is 0.0346. The van der Waals surface area contributed by atoms with Crippen LogP contribution in [0.1, 0.15) is 0 Å². The third-order valence-corrected chi connectivity index (χ3v) is 3.36. The molecule has 0 radical (unpaired) electrons. The van der Waals surface area contributed by atoms with Gasteiger partial charge < -0.3 is 32.5 Å². The van der Waals surface area contributed by atoms with Crippen molar-refractivity contribution in [2.24, 2.45) is 0 Å². The SMILES string of the molecule is Nc1ccc(Nc2nc(NCCO)nc(Nc3ccc(N)cc3)n2)cc1. The highest BCUT2D eigenvalue weighted by Gasteiger charge is 2.07. The van der Waals surface area contributed by atoms with Gasteiger partial charge in [0.25, 0.3) is 0 Å². The summed E-state index contributed by atoms with van der Waals surface area (Å²) >= 11 is 0. The Morgan fingerprint density at radius 3 is 1.54 bits per heavy atom. The lowest BCUT2D eigenvalue weighted by Gasteiger charge is -2.11. The zero-order valence-corrected chi connectivity index (χ0v) is 14.0. The second kappa shape index (κ2) is 7.99. The molecule has 0 unspecified atom stereocenters. The molecule has 0 aliphatic rings. The smallest absolute Gasteiger partial charge is 0.233 e. The number of aliphatic hydroxyl groups is 1. The number of nitrogens with zero attached hydrogens (tertiary/aromatic N) is 3. The molecule has 0 saturated heterocycles. The van der Waals surface area contributed by atoms with Crippen LogP contribution in [0.15, 0.2) is 48.5 Å². The normalized spacial score (nSPS) is 10.3. The van der Waals surface area contributed by atoms with Crippen molar-refractivity contribution >= 4 is 40.6 Å². The predicted molar refractivity (Wildman–Crippen MR) is 104 cm³/mol. The number of aliphatic hydroxyl groups excluding tert-OH is 1. The van der Waals surface area contributed by atoms with Crippen LogP contribution in [0.4, 0.5) is 40.6 Å². The van der Waals surface area contributed by atoms with Gasteiger partial charge in [0.05, 0.1) is 6.61 Å². The molecule has 0 amide bonds. The number of nitrogen functional groups attached to an aromatic ring is 2. The lowest BCUT2D eigenvalue weighted by molar-refractivity contribution is 0.311. The molecule has 1 heterocycles. The van der Waals surface area contributed by atoms with E-state index in [4.69, 9.17) is 16.6 Å². The van der Waals surface area contributed by atoms with Crippen molar-refractivity contribution in [3.05, 3.63) is 48.5 Å². The van der Waals surface area contributed by atoms with Crippen LogP contribution in [0.5, 0.6) is 0 Å². The Bertz CT molecular complexity index is 786. The maximum Gasteiger partial charge on any atom is 0.233 e. The molecule has 134 valence electrons. The van der Waals surface area contributed by atoms with E-state index in [9.17, 15) is 0 Å². The number of benzene rings is 2. The highest BCUT2D eigenvalue weighted by atomic mass is 16.3. The minimum Gasteiger partial charge on any atom is -0.399 e. The number of nitrogens with two attached hydrogens (primary N) is 2. The molecular formula is C17H20N8O. The summed E-state index contributed by atoms with van der Waals surface area (Å²) in [6, 6.07) is 14.4. The Labute approximate surface area is 150 Å². The second-order valence-electron chi connectivity index (χ2n) is 5.45. The van der Waals surface area contributed by atoms with E-state index in [1.165, 1.54) is 0 Å². The topological polar surface area (TPSA) is 147 Å². The van der Waals surface area contributed by atoms with Gasteiger partial charge in [-0.3, -0.25) is 0 Å². The average Bonchev–Trinajstić information content (AvgIpc) is 2.64. The van der Waals surface area contributed by atoms with Crippen LogP contribution in [0, 0.1) is 0 Å². The Morgan fingerprint density at radius 1 is 0.692 bits per heavy atom. The third-order valence-electron chi connectivity index (χ3n) is 3.36. The largest absolute Gasteiger partial charge is 0.399 e. The van der Waals surface area contributed by atoms with Crippen LogP contribution in [0.25, 0.3) is 0 Å². The van der Waals surface area contributed by atoms with E-state index in [-0.39, 0.29) is 6.61 Å². The van der Waals surface area contributed by atoms with E-state index in [0.29, 0.717) is 35.8 Å². The molecule has 0 aliphatic heterocycles. The van der Waals surface area contributed by atoms with Gasteiger partial charge in [-0.2, -0.15) is 15.0 Å². The fraction of sp³-hybridized carbons (Fsp3) is 0.118. The standard InChI is InChI=1S/C17H20N8O/c18-11-1-5-13(6-2-11)21-16-23-15(20-9-10-26)24-17(25-16)22-14-7-3-12(19)4-8-14/h1-8,26H,9-10,18-19H2,(H3,20,21,22,23,24,25). The van der Waals surface area contributed by atoms with Crippen molar-refractivity contribution in [1.82, 2.24) is 15.0 Å². The molecular weight excluding hydrogens is 332 g/mol. The molecule has 2 aromatic carbocycles. The van der Waals surface area contributed by atoms with Gasteiger partial charge in [-0.25, -0.2) is 0 Å². The summed E-state index contributed by atoms with van der Waals surface area (Å²) in [6.07, 6.45) is 0. The van der Waals surface area contributed by atoms with Crippen LogP contribution in [0.2, 0.25) is 0 Å². The van der Waals surface area contributed by atoms with Gasteiger partial charge in [0, 0.05) is 29.3 Å². The zero-order valence-electron chi connectivity index (χ0n) is 14.0. The van der Waals surface area contributed by atoms with E-state index in [0.717, 1.165) is 11.4 Å². The van der Waals surface area contributed by atoms with Crippen LogP contribution in [0.3, 0.4) is 0 Å². The quantitative estimate of drug-likeness (QED) is 0.351. The van der Waals surface area contributed by atoms with Crippen LogP contribution in [-0.2, 0) is 0 Å². The molecule has 3 aromatic rings. The molecule has 0 saturated carbocycles. The summed E-state index contributed by atoms with van der Waals surface area (Å²) in [5.41, 5.74) is 14.3. The molecule has 26 heavy (non-hydrogen) atoms. The fourth-order valence-electron chi connectivity index (χ4n) is 2.13. The first-order chi connectivity index (χ1) is 12.6. The molecule has 8 N–H and O–H groups in total. The number of hydrogen-bond acceptors (Lipinski definition) is 9.